The Morgan fingerprint density at radius 2 is 1.71 bits per heavy atom. The highest BCUT2D eigenvalue weighted by atomic mass is 35.5. The number of hydrogen-bond acceptors (Lipinski definition) is 1. The largest absolute Gasteiger partial charge is 0.316 e. The SMILES string of the molecule is ClC1CCC(CNCC2CC3CCC2C3)CC1. The van der Waals surface area contributed by atoms with Gasteiger partial charge >= 0.3 is 0 Å². The van der Waals surface area contributed by atoms with Crippen LogP contribution < -0.4 is 5.32 Å². The highest BCUT2D eigenvalue weighted by Gasteiger charge is 2.38. The van der Waals surface area contributed by atoms with Crippen LogP contribution in [0.5, 0.6) is 0 Å². The van der Waals surface area contributed by atoms with Crippen molar-refractivity contribution in [1.29, 1.82) is 0 Å². The average Bonchev–Trinajstić information content (AvgIpc) is 2.94. The van der Waals surface area contributed by atoms with Crippen LogP contribution >= 0.6 is 11.6 Å². The second kappa shape index (κ2) is 5.48. The zero-order valence-electron chi connectivity index (χ0n) is 10.8. The van der Waals surface area contributed by atoms with E-state index in [1.165, 1.54) is 58.0 Å². The van der Waals surface area contributed by atoms with Gasteiger partial charge in [0, 0.05) is 5.38 Å². The monoisotopic (exact) mass is 255 g/mol. The highest BCUT2D eigenvalue weighted by Crippen LogP contribution is 2.47. The van der Waals surface area contributed by atoms with Crippen molar-refractivity contribution < 1.29 is 0 Å². The molecule has 2 heteroatoms. The van der Waals surface area contributed by atoms with E-state index in [4.69, 9.17) is 11.6 Å². The van der Waals surface area contributed by atoms with Crippen LogP contribution in [0.25, 0.3) is 0 Å². The third kappa shape index (κ3) is 2.98. The number of hydrogen-bond donors (Lipinski definition) is 1. The van der Waals surface area contributed by atoms with E-state index in [0.717, 1.165) is 23.7 Å². The number of alkyl halides is 1. The minimum Gasteiger partial charge on any atom is -0.316 e. The van der Waals surface area contributed by atoms with Crippen molar-refractivity contribution in [1.82, 2.24) is 5.32 Å². The number of rotatable bonds is 4. The highest BCUT2D eigenvalue weighted by molar-refractivity contribution is 6.20. The van der Waals surface area contributed by atoms with Gasteiger partial charge in [-0.2, -0.15) is 0 Å². The Labute approximate surface area is 111 Å². The fourth-order valence-electron chi connectivity index (χ4n) is 4.43. The number of fused-ring (bicyclic) bond motifs is 2. The molecule has 0 radical (unpaired) electrons. The van der Waals surface area contributed by atoms with Gasteiger partial charge in [-0.15, -0.1) is 11.6 Å². The van der Waals surface area contributed by atoms with Gasteiger partial charge in [-0.05, 0) is 81.7 Å². The minimum absolute atomic E-state index is 0.469. The van der Waals surface area contributed by atoms with Crippen molar-refractivity contribution >= 4 is 11.6 Å². The molecule has 98 valence electrons. The molecule has 3 aliphatic rings. The quantitative estimate of drug-likeness (QED) is 0.754. The predicted molar refractivity (Wildman–Crippen MR) is 73.4 cm³/mol. The molecule has 3 atom stereocenters. The molecular formula is C15H26ClN. The van der Waals surface area contributed by atoms with Crippen molar-refractivity contribution in [3.63, 3.8) is 0 Å². The lowest BCUT2D eigenvalue weighted by Gasteiger charge is -2.27. The second-order valence-corrected chi connectivity index (χ2v) is 7.33. The Hall–Kier alpha value is 0.250. The first-order chi connectivity index (χ1) is 8.31. The molecular weight excluding hydrogens is 230 g/mol. The summed E-state index contributed by atoms with van der Waals surface area (Å²) in [7, 11) is 0. The van der Waals surface area contributed by atoms with Crippen LogP contribution in [0, 0.1) is 23.7 Å². The van der Waals surface area contributed by atoms with Crippen LogP contribution in [-0.2, 0) is 0 Å². The molecule has 0 aromatic carbocycles. The molecule has 0 amide bonds. The van der Waals surface area contributed by atoms with Crippen LogP contribution in [-0.4, -0.2) is 18.5 Å². The summed E-state index contributed by atoms with van der Waals surface area (Å²) in [6.45, 7) is 2.54. The van der Waals surface area contributed by atoms with Crippen molar-refractivity contribution in [2.75, 3.05) is 13.1 Å². The van der Waals surface area contributed by atoms with E-state index in [0.29, 0.717) is 5.38 Å². The Balaban J connectivity index is 1.33. The first-order valence-corrected chi connectivity index (χ1v) is 8.09. The third-order valence-electron chi connectivity index (χ3n) is 5.50. The van der Waals surface area contributed by atoms with E-state index in [2.05, 4.69) is 5.32 Å². The van der Waals surface area contributed by atoms with Crippen LogP contribution in [0.4, 0.5) is 0 Å². The topological polar surface area (TPSA) is 12.0 Å². The number of halogens is 1. The standard InChI is InChI=1S/C15H26ClN/c16-15-5-2-11(3-6-15)9-17-10-14-8-12-1-4-13(14)7-12/h11-15,17H,1-10H2. The van der Waals surface area contributed by atoms with Crippen molar-refractivity contribution in [2.24, 2.45) is 23.7 Å². The van der Waals surface area contributed by atoms with Gasteiger partial charge in [0.25, 0.3) is 0 Å². The molecule has 0 aromatic rings. The first kappa shape index (κ1) is 12.3. The molecule has 0 aliphatic heterocycles. The molecule has 3 fully saturated rings. The van der Waals surface area contributed by atoms with E-state index in [9.17, 15) is 0 Å². The summed E-state index contributed by atoms with van der Waals surface area (Å²) < 4.78 is 0. The van der Waals surface area contributed by atoms with Crippen molar-refractivity contribution in [3.05, 3.63) is 0 Å². The fraction of sp³-hybridized carbons (Fsp3) is 1.00. The van der Waals surface area contributed by atoms with Crippen molar-refractivity contribution in [3.8, 4) is 0 Å². The Morgan fingerprint density at radius 1 is 0.882 bits per heavy atom. The lowest BCUT2D eigenvalue weighted by Crippen LogP contribution is -2.32. The van der Waals surface area contributed by atoms with Crippen LogP contribution in [0.15, 0.2) is 0 Å². The molecule has 0 saturated heterocycles. The third-order valence-corrected chi connectivity index (χ3v) is 5.94. The molecule has 0 spiro atoms. The van der Waals surface area contributed by atoms with Crippen molar-refractivity contribution in [2.45, 2.75) is 56.7 Å². The molecule has 17 heavy (non-hydrogen) atoms. The zero-order chi connectivity index (χ0) is 11.7. The fourth-order valence-corrected chi connectivity index (χ4v) is 4.68. The van der Waals surface area contributed by atoms with E-state index in [1.54, 1.807) is 6.42 Å². The zero-order valence-corrected chi connectivity index (χ0v) is 11.6. The summed E-state index contributed by atoms with van der Waals surface area (Å²) in [5.41, 5.74) is 0. The predicted octanol–water partition coefficient (Wildman–Crippen LogP) is 3.81. The molecule has 3 saturated carbocycles. The second-order valence-electron chi connectivity index (χ2n) is 6.71. The summed E-state index contributed by atoms with van der Waals surface area (Å²) in [5.74, 6) is 4.09. The molecule has 0 aromatic heterocycles. The lowest BCUT2D eigenvalue weighted by atomic mass is 9.87. The van der Waals surface area contributed by atoms with Gasteiger partial charge in [0.05, 0.1) is 0 Å². The van der Waals surface area contributed by atoms with Gasteiger partial charge in [0.15, 0.2) is 0 Å². The maximum absolute atomic E-state index is 6.14. The lowest BCUT2D eigenvalue weighted by molar-refractivity contribution is 0.293. The maximum Gasteiger partial charge on any atom is 0.0336 e. The maximum atomic E-state index is 6.14. The molecule has 3 unspecified atom stereocenters. The summed E-state index contributed by atoms with van der Waals surface area (Å²) in [5, 5.41) is 4.22. The summed E-state index contributed by atoms with van der Waals surface area (Å²) >= 11 is 6.14. The van der Waals surface area contributed by atoms with Gasteiger partial charge in [0.2, 0.25) is 0 Å². The first-order valence-electron chi connectivity index (χ1n) is 7.66. The van der Waals surface area contributed by atoms with Gasteiger partial charge in [-0.1, -0.05) is 6.42 Å². The average molecular weight is 256 g/mol. The van der Waals surface area contributed by atoms with Crippen LogP contribution in [0.2, 0.25) is 0 Å². The summed E-state index contributed by atoms with van der Waals surface area (Å²) in [6, 6.07) is 0. The molecule has 0 heterocycles. The number of nitrogens with one attached hydrogen (secondary N) is 1. The summed E-state index contributed by atoms with van der Waals surface area (Å²) in [4.78, 5) is 0. The van der Waals surface area contributed by atoms with E-state index >= 15 is 0 Å². The smallest absolute Gasteiger partial charge is 0.0336 e. The summed E-state index contributed by atoms with van der Waals surface area (Å²) in [6.07, 6.45) is 11.3. The van der Waals surface area contributed by atoms with Gasteiger partial charge in [-0.3, -0.25) is 0 Å². The molecule has 2 bridgehead atoms. The van der Waals surface area contributed by atoms with Gasteiger partial charge in [-0.25, -0.2) is 0 Å². The van der Waals surface area contributed by atoms with Crippen LogP contribution in [0.3, 0.4) is 0 Å². The Kier molecular flexibility index (Phi) is 3.97. The molecule has 3 rings (SSSR count). The van der Waals surface area contributed by atoms with E-state index < -0.39 is 0 Å². The Bertz CT molecular complexity index is 247. The van der Waals surface area contributed by atoms with E-state index in [-0.39, 0.29) is 0 Å². The minimum atomic E-state index is 0.469. The molecule has 3 aliphatic carbocycles. The Morgan fingerprint density at radius 3 is 2.35 bits per heavy atom. The normalized spacial score (nSPS) is 45.4. The van der Waals surface area contributed by atoms with Gasteiger partial charge < -0.3 is 5.32 Å². The van der Waals surface area contributed by atoms with Crippen LogP contribution in [0.1, 0.15) is 51.4 Å². The van der Waals surface area contributed by atoms with E-state index in [1.807, 2.05) is 0 Å². The van der Waals surface area contributed by atoms with Gasteiger partial charge in [0.1, 0.15) is 0 Å². The molecule has 1 N–H and O–H groups in total. The molecule has 1 nitrogen and oxygen atoms in total.